The highest BCUT2D eigenvalue weighted by atomic mass is 16.6. The van der Waals surface area contributed by atoms with Crippen molar-refractivity contribution in [3.05, 3.63) is 34.4 Å². The molecule has 1 aromatic rings. The summed E-state index contributed by atoms with van der Waals surface area (Å²) in [4.78, 5) is 20.4. The number of carbonyl (C=O) groups excluding carboxylic acids is 1. The van der Waals surface area contributed by atoms with Crippen molar-refractivity contribution in [2.24, 2.45) is 5.73 Å². The molecule has 0 fully saturated rings. The fourth-order valence-corrected chi connectivity index (χ4v) is 1.35. The standard InChI is InChI=1S/C12H17N3O5/c13-12(16)9-19-7-5-14-6-8-20-11-3-1-10(2-4-11)15(17)18/h1-4,14H,5-9H2,(H2,13,16). The van der Waals surface area contributed by atoms with Crippen LogP contribution in [0.25, 0.3) is 0 Å². The minimum absolute atomic E-state index is 0.0297. The molecule has 20 heavy (non-hydrogen) atoms. The van der Waals surface area contributed by atoms with Crippen LogP contribution in [0.5, 0.6) is 5.75 Å². The molecule has 1 amide bonds. The third-order valence-corrected chi connectivity index (χ3v) is 2.26. The minimum atomic E-state index is -0.494. The fraction of sp³-hybridized carbons (Fsp3) is 0.417. The monoisotopic (exact) mass is 283 g/mol. The molecule has 110 valence electrons. The number of nitrogens with zero attached hydrogens (tertiary/aromatic N) is 1. The summed E-state index contributed by atoms with van der Waals surface area (Å²) in [6.45, 7) is 1.91. The van der Waals surface area contributed by atoms with Crippen molar-refractivity contribution in [2.75, 3.05) is 32.9 Å². The molecule has 0 unspecified atom stereocenters. The molecule has 1 rings (SSSR count). The molecule has 0 bridgehead atoms. The molecule has 0 atom stereocenters. The summed E-state index contributed by atoms with van der Waals surface area (Å²) in [7, 11) is 0. The van der Waals surface area contributed by atoms with Gasteiger partial charge in [-0.15, -0.1) is 0 Å². The highest BCUT2D eigenvalue weighted by Gasteiger charge is 2.03. The van der Waals surface area contributed by atoms with Crippen LogP contribution in [0.4, 0.5) is 5.69 Å². The van der Waals surface area contributed by atoms with Gasteiger partial charge in [0.05, 0.1) is 11.5 Å². The SMILES string of the molecule is NC(=O)COCCNCCOc1ccc([N+](=O)[O-])cc1. The van der Waals surface area contributed by atoms with Gasteiger partial charge in [-0.2, -0.15) is 0 Å². The maximum Gasteiger partial charge on any atom is 0.269 e. The van der Waals surface area contributed by atoms with Crippen LogP contribution in [-0.2, 0) is 9.53 Å². The van der Waals surface area contributed by atoms with E-state index in [1.807, 2.05) is 0 Å². The van der Waals surface area contributed by atoms with Crippen LogP contribution in [0.1, 0.15) is 0 Å². The molecule has 8 heteroatoms. The summed E-state index contributed by atoms with van der Waals surface area (Å²) in [5, 5.41) is 13.5. The van der Waals surface area contributed by atoms with E-state index in [2.05, 4.69) is 5.32 Å². The van der Waals surface area contributed by atoms with E-state index >= 15 is 0 Å². The number of carbonyl (C=O) groups is 1. The van der Waals surface area contributed by atoms with Gasteiger partial charge in [0.15, 0.2) is 0 Å². The first-order valence-electron chi connectivity index (χ1n) is 6.03. The van der Waals surface area contributed by atoms with Crippen LogP contribution in [0.15, 0.2) is 24.3 Å². The summed E-state index contributed by atoms with van der Waals surface area (Å²) >= 11 is 0. The number of ether oxygens (including phenoxy) is 2. The molecule has 0 heterocycles. The molecular weight excluding hydrogens is 266 g/mol. The van der Waals surface area contributed by atoms with Crippen molar-refractivity contribution in [1.82, 2.24) is 5.32 Å². The second-order valence-corrected chi connectivity index (χ2v) is 3.87. The molecule has 0 spiro atoms. The lowest BCUT2D eigenvalue weighted by Gasteiger charge is -2.07. The molecule has 0 aliphatic heterocycles. The van der Waals surface area contributed by atoms with E-state index in [4.69, 9.17) is 15.2 Å². The molecule has 3 N–H and O–H groups in total. The Balaban J connectivity index is 2.06. The number of hydrogen-bond donors (Lipinski definition) is 2. The number of benzene rings is 1. The third-order valence-electron chi connectivity index (χ3n) is 2.26. The summed E-state index contributed by atoms with van der Waals surface area (Å²) in [6.07, 6.45) is 0. The van der Waals surface area contributed by atoms with Crippen LogP contribution < -0.4 is 15.8 Å². The van der Waals surface area contributed by atoms with Gasteiger partial charge in [0.25, 0.3) is 5.69 Å². The van der Waals surface area contributed by atoms with E-state index in [9.17, 15) is 14.9 Å². The molecule has 0 aliphatic carbocycles. The molecule has 0 aliphatic rings. The molecule has 0 saturated carbocycles. The second-order valence-electron chi connectivity index (χ2n) is 3.87. The highest BCUT2D eigenvalue weighted by molar-refractivity contribution is 5.74. The van der Waals surface area contributed by atoms with Gasteiger partial charge >= 0.3 is 0 Å². The number of nitrogens with one attached hydrogen (secondary N) is 1. The lowest BCUT2D eigenvalue weighted by atomic mass is 10.3. The van der Waals surface area contributed by atoms with E-state index in [-0.39, 0.29) is 12.3 Å². The van der Waals surface area contributed by atoms with Crippen LogP contribution in [-0.4, -0.2) is 43.7 Å². The minimum Gasteiger partial charge on any atom is -0.492 e. The van der Waals surface area contributed by atoms with Gasteiger partial charge in [-0.25, -0.2) is 0 Å². The first kappa shape index (κ1) is 15.9. The molecule has 1 aromatic carbocycles. The average Bonchev–Trinajstić information content (AvgIpc) is 2.42. The maximum absolute atomic E-state index is 10.5. The van der Waals surface area contributed by atoms with Gasteiger partial charge in [0, 0.05) is 25.2 Å². The Bertz CT molecular complexity index is 435. The van der Waals surface area contributed by atoms with Gasteiger partial charge in [-0.3, -0.25) is 14.9 Å². The highest BCUT2D eigenvalue weighted by Crippen LogP contribution is 2.16. The number of rotatable bonds is 10. The number of nitro groups is 1. The van der Waals surface area contributed by atoms with Crippen molar-refractivity contribution in [2.45, 2.75) is 0 Å². The molecule has 0 radical (unpaired) electrons. The zero-order valence-electron chi connectivity index (χ0n) is 10.9. The molecule has 0 saturated heterocycles. The smallest absolute Gasteiger partial charge is 0.269 e. The lowest BCUT2D eigenvalue weighted by molar-refractivity contribution is -0.384. The largest absolute Gasteiger partial charge is 0.492 e. The van der Waals surface area contributed by atoms with E-state index in [0.29, 0.717) is 32.1 Å². The van der Waals surface area contributed by atoms with Gasteiger partial charge < -0.3 is 20.5 Å². The fourth-order valence-electron chi connectivity index (χ4n) is 1.35. The Morgan fingerprint density at radius 1 is 1.25 bits per heavy atom. The van der Waals surface area contributed by atoms with Crippen LogP contribution in [0.3, 0.4) is 0 Å². The summed E-state index contributed by atoms with van der Waals surface area (Å²) in [6, 6.07) is 5.88. The van der Waals surface area contributed by atoms with Crippen molar-refractivity contribution < 1.29 is 19.2 Å². The van der Waals surface area contributed by atoms with Crippen molar-refractivity contribution in [1.29, 1.82) is 0 Å². The summed E-state index contributed by atoms with van der Waals surface area (Å²) in [5.74, 6) is 0.0777. The summed E-state index contributed by atoms with van der Waals surface area (Å²) in [5.41, 5.74) is 4.93. The predicted octanol–water partition coefficient (Wildman–Crippen LogP) is 0.0651. The number of non-ortho nitro benzene ring substituents is 1. The van der Waals surface area contributed by atoms with Gasteiger partial charge in [0.2, 0.25) is 5.91 Å². The van der Waals surface area contributed by atoms with Crippen LogP contribution in [0.2, 0.25) is 0 Å². The Hall–Kier alpha value is -2.19. The van der Waals surface area contributed by atoms with Crippen molar-refractivity contribution >= 4 is 11.6 Å². The Kier molecular flexibility index (Phi) is 7.01. The third kappa shape index (κ3) is 6.66. The average molecular weight is 283 g/mol. The van der Waals surface area contributed by atoms with Gasteiger partial charge in [-0.1, -0.05) is 0 Å². The number of nitro benzene ring substituents is 1. The van der Waals surface area contributed by atoms with E-state index in [1.165, 1.54) is 12.1 Å². The maximum atomic E-state index is 10.5. The van der Waals surface area contributed by atoms with Crippen molar-refractivity contribution in [3.63, 3.8) is 0 Å². The second kappa shape index (κ2) is 8.83. The zero-order valence-corrected chi connectivity index (χ0v) is 10.9. The quantitative estimate of drug-likeness (QED) is 0.356. The molecule has 8 nitrogen and oxygen atoms in total. The summed E-state index contributed by atoms with van der Waals surface area (Å²) < 4.78 is 10.3. The number of nitrogens with two attached hydrogens (primary N) is 1. The van der Waals surface area contributed by atoms with E-state index in [1.54, 1.807) is 12.1 Å². The van der Waals surface area contributed by atoms with E-state index < -0.39 is 10.8 Å². The number of primary amides is 1. The molecule has 0 aromatic heterocycles. The first-order chi connectivity index (χ1) is 9.59. The Labute approximate surface area is 116 Å². The lowest BCUT2D eigenvalue weighted by Crippen LogP contribution is -2.27. The van der Waals surface area contributed by atoms with Crippen molar-refractivity contribution in [3.8, 4) is 5.75 Å². The zero-order chi connectivity index (χ0) is 14.8. The molecular formula is C12H17N3O5. The van der Waals surface area contributed by atoms with Crippen LogP contribution >= 0.6 is 0 Å². The number of amides is 1. The van der Waals surface area contributed by atoms with Gasteiger partial charge in [-0.05, 0) is 12.1 Å². The van der Waals surface area contributed by atoms with Crippen LogP contribution in [0, 0.1) is 10.1 Å². The first-order valence-corrected chi connectivity index (χ1v) is 6.03. The topological polar surface area (TPSA) is 117 Å². The van der Waals surface area contributed by atoms with E-state index in [0.717, 1.165) is 0 Å². The predicted molar refractivity (Wildman–Crippen MR) is 71.5 cm³/mol. The Morgan fingerprint density at radius 2 is 1.90 bits per heavy atom. The number of hydrogen-bond acceptors (Lipinski definition) is 6. The normalized spacial score (nSPS) is 10.2. The Morgan fingerprint density at radius 3 is 2.50 bits per heavy atom. The van der Waals surface area contributed by atoms with Gasteiger partial charge in [0.1, 0.15) is 19.0 Å².